The third-order valence-electron chi connectivity index (χ3n) is 5.61. The molecule has 0 saturated heterocycles. The number of fused-ring (bicyclic) bond motifs is 1. The molecular formula is C22H23NO5S. The van der Waals surface area contributed by atoms with E-state index in [4.69, 9.17) is 4.74 Å². The number of methoxy groups -OCH3 is 1. The van der Waals surface area contributed by atoms with Crippen molar-refractivity contribution in [1.29, 1.82) is 0 Å². The van der Waals surface area contributed by atoms with Crippen molar-refractivity contribution >= 4 is 26.7 Å². The number of rotatable bonds is 5. The molecule has 0 unspecified atom stereocenters. The number of carbonyl (C=O) groups is 1. The molecule has 0 bridgehead atoms. The maximum atomic E-state index is 13.3. The number of hydrogen-bond acceptors (Lipinski definition) is 5. The lowest BCUT2D eigenvalue weighted by Gasteiger charge is -2.25. The Morgan fingerprint density at radius 2 is 1.90 bits per heavy atom. The van der Waals surface area contributed by atoms with Crippen molar-refractivity contribution in [3.8, 4) is 5.75 Å². The summed E-state index contributed by atoms with van der Waals surface area (Å²) in [7, 11) is -2.33. The predicted octanol–water partition coefficient (Wildman–Crippen LogP) is 3.68. The number of benzene rings is 2. The van der Waals surface area contributed by atoms with E-state index < -0.39 is 22.0 Å². The highest BCUT2D eigenvalue weighted by molar-refractivity contribution is 7.90. The second kappa shape index (κ2) is 7.65. The molecule has 3 aromatic rings. The Hall–Kier alpha value is -2.64. The zero-order chi connectivity index (χ0) is 20.6. The van der Waals surface area contributed by atoms with E-state index in [1.807, 2.05) is 0 Å². The van der Waals surface area contributed by atoms with Crippen LogP contribution in [-0.2, 0) is 14.8 Å². The van der Waals surface area contributed by atoms with Crippen LogP contribution in [0.25, 0.3) is 10.9 Å². The molecule has 1 aliphatic rings. The Balaban J connectivity index is 1.90. The molecule has 7 heteroatoms. The molecule has 6 nitrogen and oxygen atoms in total. The molecule has 1 heterocycles. The zero-order valence-corrected chi connectivity index (χ0v) is 16.9. The zero-order valence-electron chi connectivity index (χ0n) is 16.1. The van der Waals surface area contributed by atoms with Crippen LogP contribution in [0.5, 0.6) is 5.75 Å². The number of carbonyl (C=O) groups excluding carboxylic acids is 1. The third-order valence-corrected chi connectivity index (χ3v) is 7.30. The van der Waals surface area contributed by atoms with Gasteiger partial charge >= 0.3 is 0 Å². The average Bonchev–Trinajstić information content (AvgIpc) is 3.13. The molecule has 1 aliphatic carbocycles. The molecule has 0 spiro atoms. The minimum absolute atomic E-state index is 0.0264. The number of ether oxygens (including phenoxy) is 1. The van der Waals surface area contributed by atoms with E-state index in [-0.39, 0.29) is 10.7 Å². The second-order valence-corrected chi connectivity index (χ2v) is 9.16. The van der Waals surface area contributed by atoms with Crippen molar-refractivity contribution in [3.63, 3.8) is 0 Å². The number of aliphatic hydroxyl groups is 1. The topological polar surface area (TPSA) is 85.6 Å². The first-order valence-electron chi connectivity index (χ1n) is 9.64. The largest absolute Gasteiger partial charge is 0.497 e. The number of hydrogen-bond donors (Lipinski definition) is 1. The monoisotopic (exact) mass is 413 g/mol. The van der Waals surface area contributed by atoms with Gasteiger partial charge in [-0.25, -0.2) is 12.4 Å². The Labute approximate surface area is 169 Å². The van der Waals surface area contributed by atoms with Gasteiger partial charge in [0, 0.05) is 29.5 Å². The summed E-state index contributed by atoms with van der Waals surface area (Å²) < 4.78 is 33.0. The fourth-order valence-electron chi connectivity index (χ4n) is 4.03. The fraction of sp³-hybridized carbons (Fsp3) is 0.318. The summed E-state index contributed by atoms with van der Waals surface area (Å²) in [5.74, 6) is 0.0580. The third kappa shape index (κ3) is 3.45. The normalized spacial score (nSPS) is 18.7. The molecule has 4 rings (SSSR count). The van der Waals surface area contributed by atoms with Crippen molar-refractivity contribution in [1.82, 2.24) is 3.97 Å². The summed E-state index contributed by atoms with van der Waals surface area (Å²) in [6.07, 6.45) is 3.13. The van der Waals surface area contributed by atoms with Crippen molar-refractivity contribution in [2.45, 2.75) is 36.7 Å². The standard InChI is InChI=1S/C22H23NO5S/c1-28-15-11-12-20-18(13-15)19(22(25)17-9-5-6-10-21(17)24)14-23(20)29(26,27)16-7-3-2-4-8-16/h2-4,7-8,11-14,17,22,25H,5-6,9-10H2,1H3/t17-,22-/m1/s1. The number of aliphatic hydroxyl groups excluding tert-OH is 1. The molecular weight excluding hydrogens is 390 g/mol. The highest BCUT2D eigenvalue weighted by atomic mass is 32.2. The van der Waals surface area contributed by atoms with Gasteiger partial charge in [-0.2, -0.15) is 0 Å². The summed E-state index contributed by atoms with van der Waals surface area (Å²) in [4.78, 5) is 12.5. The maximum absolute atomic E-state index is 13.3. The lowest BCUT2D eigenvalue weighted by Crippen LogP contribution is -2.25. The minimum atomic E-state index is -3.86. The van der Waals surface area contributed by atoms with E-state index in [9.17, 15) is 18.3 Å². The first-order chi connectivity index (χ1) is 13.9. The van der Waals surface area contributed by atoms with Gasteiger partial charge in [0.05, 0.1) is 23.6 Å². The first kappa shape index (κ1) is 19.7. The quantitative estimate of drug-likeness (QED) is 0.690. The summed E-state index contributed by atoms with van der Waals surface area (Å²) in [6, 6.07) is 13.2. The average molecular weight is 413 g/mol. The SMILES string of the molecule is COc1ccc2c(c1)c([C@H](O)[C@@H]1CCCCC1=O)cn2S(=O)(=O)c1ccccc1. The van der Waals surface area contributed by atoms with E-state index >= 15 is 0 Å². The van der Waals surface area contributed by atoms with Gasteiger partial charge in [-0.05, 0) is 43.2 Å². The van der Waals surface area contributed by atoms with Crippen LogP contribution in [0.2, 0.25) is 0 Å². The Morgan fingerprint density at radius 1 is 1.14 bits per heavy atom. The Morgan fingerprint density at radius 3 is 2.59 bits per heavy atom. The van der Waals surface area contributed by atoms with Gasteiger partial charge in [-0.15, -0.1) is 0 Å². The second-order valence-electron chi connectivity index (χ2n) is 7.34. The summed E-state index contributed by atoms with van der Waals surface area (Å²) in [5, 5.41) is 11.6. The Kier molecular flexibility index (Phi) is 5.19. The minimum Gasteiger partial charge on any atom is -0.497 e. The van der Waals surface area contributed by atoms with Crippen molar-refractivity contribution in [2.24, 2.45) is 5.92 Å². The molecule has 0 radical (unpaired) electrons. The Bertz CT molecular complexity index is 1150. The van der Waals surface area contributed by atoms with E-state index in [2.05, 4.69) is 0 Å². The van der Waals surface area contributed by atoms with Crippen LogP contribution >= 0.6 is 0 Å². The maximum Gasteiger partial charge on any atom is 0.268 e. The smallest absolute Gasteiger partial charge is 0.268 e. The van der Waals surface area contributed by atoms with Gasteiger partial charge in [-0.3, -0.25) is 4.79 Å². The van der Waals surface area contributed by atoms with Crippen LogP contribution in [0.4, 0.5) is 0 Å². The summed E-state index contributed by atoms with van der Waals surface area (Å²) >= 11 is 0. The van der Waals surface area contributed by atoms with Gasteiger partial charge in [0.2, 0.25) is 0 Å². The highest BCUT2D eigenvalue weighted by Crippen LogP contribution is 2.38. The summed E-state index contributed by atoms with van der Waals surface area (Å²) in [5.41, 5.74) is 0.866. The molecule has 1 fully saturated rings. The van der Waals surface area contributed by atoms with Crippen molar-refractivity contribution in [2.75, 3.05) is 7.11 Å². The first-order valence-corrected chi connectivity index (χ1v) is 11.1. The van der Waals surface area contributed by atoms with Crippen molar-refractivity contribution in [3.05, 3.63) is 60.3 Å². The number of nitrogens with zero attached hydrogens (tertiary/aromatic N) is 1. The van der Waals surface area contributed by atoms with E-state index in [1.165, 1.54) is 29.4 Å². The summed E-state index contributed by atoms with van der Waals surface area (Å²) in [6.45, 7) is 0. The van der Waals surface area contributed by atoms with E-state index in [0.29, 0.717) is 35.1 Å². The van der Waals surface area contributed by atoms with Crippen LogP contribution in [0.1, 0.15) is 37.4 Å². The van der Waals surface area contributed by atoms with Crippen molar-refractivity contribution < 1.29 is 23.1 Å². The highest BCUT2D eigenvalue weighted by Gasteiger charge is 2.33. The van der Waals surface area contributed by atoms with E-state index in [0.717, 1.165) is 12.8 Å². The molecule has 2 aromatic carbocycles. The number of Topliss-reactive ketones (excluding diaryl/α,β-unsaturated/α-hetero) is 1. The molecule has 2 atom stereocenters. The fourth-order valence-corrected chi connectivity index (χ4v) is 5.43. The van der Waals surface area contributed by atoms with Gasteiger partial charge < -0.3 is 9.84 Å². The molecule has 152 valence electrons. The molecule has 29 heavy (non-hydrogen) atoms. The van der Waals surface area contributed by atoms with Gasteiger partial charge in [0.1, 0.15) is 11.5 Å². The predicted molar refractivity (Wildman–Crippen MR) is 109 cm³/mol. The molecule has 0 amide bonds. The number of aromatic nitrogens is 1. The molecule has 1 saturated carbocycles. The van der Waals surface area contributed by atoms with Gasteiger partial charge in [-0.1, -0.05) is 24.6 Å². The van der Waals surface area contributed by atoms with Crippen LogP contribution < -0.4 is 4.74 Å². The van der Waals surface area contributed by atoms with Crippen LogP contribution in [0, 0.1) is 5.92 Å². The molecule has 0 aliphatic heterocycles. The molecule has 1 aromatic heterocycles. The van der Waals surface area contributed by atoms with Gasteiger partial charge in [0.25, 0.3) is 10.0 Å². The lowest BCUT2D eigenvalue weighted by molar-refractivity contribution is -0.128. The van der Waals surface area contributed by atoms with Crippen LogP contribution in [0.15, 0.2) is 59.6 Å². The van der Waals surface area contributed by atoms with Crippen LogP contribution in [-0.4, -0.2) is 30.4 Å². The van der Waals surface area contributed by atoms with Gasteiger partial charge in [0.15, 0.2) is 0 Å². The van der Waals surface area contributed by atoms with E-state index in [1.54, 1.807) is 36.4 Å². The number of ketones is 1. The molecule has 1 N–H and O–H groups in total. The van der Waals surface area contributed by atoms with Crippen LogP contribution in [0.3, 0.4) is 0 Å². The lowest BCUT2D eigenvalue weighted by atomic mass is 9.81.